The van der Waals surface area contributed by atoms with Crippen molar-refractivity contribution in [2.75, 3.05) is 12.3 Å². The van der Waals surface area contributed by atoms with Gasteiger partial charge in [-0.15, -0.1) is 8.78 Å². The zero-order chi connectivity index (χ0) is 12.2. The average molecular weight is 252 g/mol. The van der Waals surface area contributed by atoms with Gasteiger partial charge in [-0.2, -0.15) is 9.97 Å². The summed E-state index contributed by atoms with van der Waals surface area (Å²) in [7, 11) is 0. The molecule has 0 unspecified atom stereocenters. The Morgan fingerprint density at radius 2 is 2.12 bits per heavy atom. The van der Waals surface area contributed by atoms with E-state index in [1.807, 2.05) is 0 Å². The van der Waals surface area contributed by atoms with Crippen LogP contribution in [0.5, 0.6) is 11.8 Å². The molecule has 0 bridgehead atoms. The number of nitrogens with zero attached hydrogens (tertiary/aromatic N) is 2. The Balaban J connectivity index is 2.85. The summed E-state index contributed by atoms with van der Waals surface area (Å²) in [6, 6.07) is 1.04. The summed E-state index contributed by atoms with van der Waals surface area (Å²) in [6.07, 6.45) is 1.45. The summed E-state index contributed by atoms with van der Waals surface area (Å²) in [5.41, 5.74) is 1.39. The minimum atomic E-state index is -3.86. The van der Waals surface area contributed by atoms with Crippen LogP contribution in [-0.2, 0) is 0 Å². The molecule has 1 rings (SSSR count). The van der Waals surface area contributed by atoms with Crippen LogP contribution in [0.2, 0.25) is 0 Å². The molecule has 2 N–H and O–H groups in total. The van der Waals surface area contributed by atoms with Gasteiger partial charge in [0.2, 0.25) is 17.7 Å². The van der Waals surface area contributed by atoms with Crippen LogP contribution in [0.15, 0.2) is 18.7 Å². The van der Waals surface area contributed by atoms with E-state index in [0.29, 0.717) is 0 Å². The number of ether oxygens (including phenoxy) is 2. The summed E-state index contributed by atoms with van der Waals surface area (Å²) in [5.74, 6) is -0.757. The van der Waals surface area contributed by atoms with Crippen LogP contribution in [0.25, 0.3) is 0 Å². The molecule has 0 fully saturated rings. The number of anilines is 1. The number of halogens is 3. The maximum Gasteiger partial charge on any atom is 0.488 e. The second-order valence-electron chi connectivity index (χ2n) is 2.55. The lowest BCUT2D eigenvalue weighted by atomic mass is 10.6. The van der Waals surface area contributed by atoms with Crippen molar-refractivity contribution < 1.29 is 18.3 Å². The number of nitrogens with two attached hydrogens (primary N) is 1. The van der Waals surface area contributed by atoms with Gasteiger partial charge in [-0.1, -0.05) is 12.7 Å². The van der Waals surface area contributed by atoms with E-state index in [0.717, 1.165) is 6.07 Å². The lowest BCUT2D eigenvalue weighted by molar-refractivity contribution is -0.0991. The van der Waals surface area contributed by atoms with Crippen LogP contribution in [0.1, 0.15) is 0 Å². The van der Waals surface area contributed by atoms with Gasteiger partial charge in [0.05, 0.1) is 6.07 Å². The van der Waals surface area contributed by atoms with E-state index in [1.54, 1.807) is 0 Å². The molecular weight excluding hydrogens is 244 g/mol. The third-order valence-electron chi connectivity index (χ3n) is 1.27. The Hall–Kier alpha value is -1.63. The first-order valence-corrected chi connectivity index (χ1v) is 4.42. The first kappa shape index (κ1) is 12.4. The fraction of sp³-hybridized carbons (Fsp3) is 0.250. The van der Waals surface area contributed by atoms with Crippen LogP contribution in [0.4, 0.5) is 14.7 Å². The van der Waals surface area contributed by atoms with Gasteiger partial charge in [0.15, 0.2) is 0 Å². The number of rotatable bonds is 5. The van der Waals surface area contributed by atoms with Gasteiger partial charge < -0.3 is 15.2 Å². The van der Waals surface area contributed by atoms with Gasteiger partial charge in [0.25, 0.3) is 0 Å². The summed E-state index contributed by atoms with van der Waals surface area (Å²) < 4.78 is 33.6. The predicted molar refractivity (Wildman–Crippen MR) is 53.6 cm³/mol. The van der Waals surface area contributed by atoms with Gasteiger partial charge in [-0.25, -0.2) is 0 Å². The minimum absolute atomic E-state index is 0.0108. The first-order valence-electron chi connectivity index (χ1n) is 4.04. The molecule has 0 aliphatic carbocycles. The monoisotopic (exact) mass is 251 g/mol. The highest BCUT2D eigenvalue weighted by Gasteiger charge is 2.28. The Kier molecular flexibility index (Phi) is 3.83. The smallest absolute Gasteiger partial charge is 0.473 e. The summed E-state index contributed by atoms with van der Waals surface area (Å²) in [4.78, 5) is 7.03. The molecule has 8 heteroatoms. The molecule has 0 aromatic carbocycles. The first-order chi connectivity index (χ1) is 7.40. The zero-order valence-electron chi connectivity index (χ0n) is 7.99. The van der Waals surface area contributed by atoms with Crippen LogP contribution in [-0.4, -0.2) is 22.1 Å². The number of hydrogen-bond acceptors (Lipinski definition) is 5. The van der Waals surface area contributed by atoms with Gasteiger partial charge in [-0.3, -0.25) is 0 Å². The molecule has 88 valence electrons. The summed E-state index contributed by atoms with van der Waals surface area (Å²) in [5, 5.41) is 0. The van der Waals surface area contributed by atoms with Gasteiger partial charge in [-0.05, 0) is 0 Å². The molecule has 0 atom stereocenters. The van der Waals surface area contributed by atoms with Crippen molar-refractivity contribution in [1.82, 2.24) is 9.97 Å². The van der Waals surface area contributed by atoms with E-state index in [9.17, 15) is 8.78 Å². The molecule has 16 heavy (non-hydrogen) atoms. The molecule has 0 saturated carbocycles. The Morgan fingerprint density at radius 1 is 1.50 bits per heavy atom. The van der Waals surface area contributed by atoms with E-state index < -0.39 is 11.4 Å². The van der Waals surface area contributed by atoms with E-state index >= 15 is 0 Å². The van der Waals surface area contributed by atoms with Crippen molar-refractivity contribution in [3.63, 3.8) is 0 Å². The Labute approximate surface area is 94.8 Å². The van der Waals surface area contributed by atoms with Gasteiger partial charge >= 0.3 is 5.57 Å². The topological polar surface area (TPSA) is 70.3 Å². The van der Waals surface area contributed by atoms with E-state index in [4.69, 9.17) is 10.5 Å². The van der Waals surface area contributed by atoms with Crippen LogP contribution >= 0.6 is 11.6 Å². The minimum Gasteiger partial charge on any atom is -0.473 e. The van der Waals surface area contributed by atoms with E-state index in [1.165, 1.54) is 6.08 Å². The molecule has 0 spiro atoms. The molecule has 1 aromatic rings. The summed E-state index contributed by atoms with van der Waals surface area (Å²) in [6.45, 7) is 3.55. The normalized spacial score (nSPS) is 10.9. The van der Waals surface area contributed by atoms with Crippen molar-refractivity contribution >= 4 is 17.5 Å². The molecular formula is C8H8ClF2N3O2. The lowest BCUT2D eigenvalue weighted by Crippen LogP contribution is -2.17. The molecule has 5 nitrogen and oxygen atoms in total. The largest absolute Gasteiger partial charge is 0.488 e. The third-order valence-corrected chi connectivity index (χ3v) is 1.34. The lowest BCUT2D eigenvalue weighted by Gasteiger charge is -2.10. The van der Waals surface area contributed by atoms with Crippen molar-refractivity contribution in [2.24, 2.45) is 0 Å². The second kappa shape index (κ2) is 4.93. The molecule has 0 saturated heterocycles. The maximum atomic E-state index is 12.3. The van der Waals surface area contributed by atoms with Crippen molar-refractivity contribution in [2.45, 2.75) is 5.57 Å². The quantitative estimate of drug-likeness (QED) is 0.638. The number of aromatic nitrogens is 2. The molecule has 1 aromatic heterocycles. The highest BCUT2D eigenvalue weighted by atomic mass is 35.5. The van der Waals surface area contributed by atoms with Gasteiger partial charge in [0.1, 0.15) is 6.61 Å². The SMILES string of the molecule is C=CCOc1cc(OC(F)(F)Cl)nc(N)n1. The fourth-order valence-electron chi connectivity index (χ4n) is 0.810. The standard InChI is InChI=1S/C8H8ClF2N3O2/c1-2-3-15-5-4-6(14-7(12)13-5)16-8(9,10)11/h2,4H,1,3H2,(H2,12,13,14). The van der Waals surface area contributed by atoms with Crippen molar-refractivity contribution in [3.8, 4) is 11.8 Å². The number of nitrogen functional groups attached to an aromatic ring is 1. The molecule has 0 amide bonds. The molecule has 0 radical (unpaired) electrons. The summed E-state index contributed by atoms with van der Waals surface area (Å²) >= 11 is 4.56. The average Bonchev–Trinajstić information content (AvgIpc) is 2.10. The van der Waals surface area contributed by atoms with Crippen molar-refractivity contribution in [1.29, 1.82) is 0 Å². The predicted octanol–water partition coefficient (Wildman–Crippen LogP) is 1.79. The number of hydrogen-bond donors (Lipinski definition) is 1. The highest BCUT2D eigenvalue weighted by Crippen LogP contribution is 2.25. The van der Waals surface area contributed by atoms with E-state index in [-0.39, 0.29) is 18.4 Å². The maximum absolute atomic E-state index is 12.3. The van der Waals surface area contributed by atoms with E-state index in [2.05, 4.69) is 32.9 Å². The number of alkyl halides is 3. The van der Waals surface area contributed by atoms with Crippen LogP contribution < -0.4 is 15.2 Å². The molecule has 0 aliphatic rings. The second-order valence-corrected chi connectivity index (χ2v) is 2.99. The Morgan fingerprint density at radius 3 is 2.69 bits per heavy atom. The van der Waals surface area contributed by atoms with Gasteiger partial charge in [0, 0.05) is 11.6 Å². The van der Waals surface area contributed by atoms with Crippen molar-refractivity contribution in [3.05, 3.63) is 18.7 Å². The Bertz CT molecular complexity index is 384. The van der Waals surface area contributed by atoms with Crippen LogP contribution in [0, 0.1) is 0 Å². The fourth-order valence-corrected chi connectivity index (χ4v) is 0.889. The highest BCUT2D eigenvalue weighted by molar-refractivity contribution is 6.20. The van der Waals surface area contributed by atoms with Crippen LogP contribution in [0.3, 0.4) is 0 Å². The zero-order valence-corrected chi connectivity index (χ0v) is 8.75. The molecule has 0 aliphatic heterocycles. The molecule has 1 heterocycles. The third kappa shape index (κ3) is 4.26.